The van der Waals surface area contributed by atoms with Crippen LogP contribution in [0.1, 0.15) is 16.3 Å². The number of hydrogen-bond donors (Lipinski definition) is 2. The van der Waals surface area contributed by atoms with Gasteiger partial charge in [-0.1, -0.05) is 6.07 Å². The van der Waals surface area contributed by atoms with E-state index in [0.717, 1.165) is 30.2 Å². The molecule has 3 nitrogen and oxygen atoms in total. The van der Waals surface area contributed by atoms with Crippen LogP contribution in [-0.4, -0.2) is 4.98 Å². The number of nitrogens with two attached hydrogens (primary N) is 1. The largest absolute Gasteiger partial charge is 0.398 e. The molecule has 16 heavy (non-hydrogen) atoms. The highest BCUT2D eigenvalue weighted by molar-refractivity contribution is 7.10. The number of pyridine rings is 1. The molecule has 0 radical (unpaired) electrons. The molecule has 0 atom stereocenters. The minimum atomic E-state index is 0.777. The predicted octanol–water partition coefficient (Wildman–Crippen LogP) is 2.32. The molecule has 0 amide bonds. The van der Waals surface area contributed by atoms with Gasteiger partial charge in [-0.3, -0.25) is 4.98 Å². The Hall–Kier alpha value is -1.39. The van der Waals surface area contributed by atoms with Crippen LogP contribution in [0.15, 0.2) is 29.6 Å². The normalized spacial score (nSPS) is 10.6. The van der Waals surface area contributed by atoms with Gasteiger partial charge in [-0.05, 0) is 30.5 Å². The zero-order valence-electron chi connectivity index (χ0n) is 9.23. The van der Waals surface area contributed by atoms with Crippen molar-refractivity contribution in [3.05, 3.63) is 45.9 Å². The number of nitrogens with zero attached hydrogens (tertiary/aromatic N) is 1. The lowest BCUT2D eigenvalue weighted by atomic mass is 10.3. The summed E-state index contributed by atoms with van der Waals surface area (Å²) >= 11 is 1.68. The SMILES string of the molecule is Cc1cccc(CNCc2sccc2N)n1. The van der Waals surface area contributed by atoms with Gasteiger partial charge in [0.2, 0.25) is 0 Å². The summed E-state index contributed by atoms with van der Waals surface area (Å²) in [6.07, 6.45) is 0. The second-order valence-electron chi connectivity index (χ2n) is 3.67. The van der Waals surface area contributed by atoms with E-state index in [1.54, 1.807) is 11.3 Å². The number of nitrogen functional groups attached to an aromatic ring is 1. The summed E-state index contributed by atoms with van der Waals surface area (Å²) in [5.74, 6) is 0. The van der Waals surface area contributed by atoms with Crippen LogP contribution in [0.4, 0.5) is 5.69 Å². The lowest BCUT2D eigenvalue weighted by molar-refractivity contribution is 0.685. The minimum absolute atomic E-state index is 0.777. The third-order valence-corrected chi connectivity index (χ3v) is 3.25. The van der Waals surface area contributed by atoms with Gasteiger partial charge in [-0.2, -0.15) is 0 Å². The second-order valence-corrected chi connectivity index (χ2v) is 4.67. The maximum Gasteiger partial charge on any atom is 0.0544 e. The predicted molar refractivity (Wildman–Crippen MR) is 68.2 cm³/mol. The highest BCUT2D eigenvalue weighted by Crippen LogP contribution is 2.18. The van der Waals surface area contributed by atoms with Crippen molar-refractivity contribution in [1.82, 2.24) is 10.3 Å². The van der Waals surface area contributed by atoms with Gasteiger partial charge in [0.15, 0.2) is 0 Å². The van der Waals surface area contributed by atoms with Gasteiger partial charge in [-0.15, -0.1) is 11.3 Å². The Kier molecular flexibility index (Phi) is 3.54. The highest BCUT2D eigenvalue weighted by Gasteiger charge is 2.00. The number of anilines is 1. The van der Waals surface area contributed by atoms with Crippen LogP contribution in [0, 0.1) is 6.92 Å². The van der Waals surface area contributed by atoms with Crippen LogP contribution in [0.3, 0.4) is 0 Å². The topological polar surface area (TPSA) is 50.9 Å². The standard InChI is InChI=1S/C12H15N3S/c1-9-3-2-4-10(15-9)7-14-8-12-11(13)5-6-16-12/h2-6,14H,7-8,13H2,1H3. The molecule has 2 aromatic heterocycles. The summed E-state index contributed by atoms with van der Waals surface area (Å²) in [6.45, 7) is 3.58. The fraction of sp³-hybridized carbons (Fsp3) is 0.250. The molecule has 0 saturated carbocycles. The molecule has 3 N–H and O–H groups in total. The number of rotatable bonds is 4. The van der Waals surface area contributed by atoms with Crippen LogP contribution in [0.2, 0.25) is 0 Å². The molecule has 0 aliphatic rings. The lowest BCUT2D eigenvalue weighted by Crippen LogP contribution is -2.13. The van der Waals surface area contributed by atoms with E-state index >= 15 is 0 Å². The summed E-state index contributed by atoms with van der Waals surface area (Å²) in [4.78, 5) is 5.61. The maximum absolute atomic E-state index is 5.80. The summed E-state index contributed by atoms with van der Waals surface area (Å²) in [5, 5.41) is 5.35. The maximum atomic E-state index is 5.80. The first-order valence-electron chi connectivity index (χ1n) is 5.21. The fourth-order valence-corrected chi connectivity index (χ4v) is 2.26. The Morgan fingerprint density at radius 3 is 2.88 bits per heavy atom. The van der Waals surface area contributed by atoms with Crippen molar-refractivity contribution in [3.8, 4) is 0 Å². The van der Waals surface area contributed by atoms with Crippen LogP contribution in [-0.2, 0) is 13.1 Å². The number of hydrogen-bond acceptors (Lipinski definition) is 4. The highest BCUT2D eigenvalue weighted by atomic mass is 32.1. The Balaban J connectivity index is 1.87. The Morgan fingerprint density at radius 1 is 1.31 bits per heavy atom. The van der Waals surface area contributed by atoms with Crippen molar-refractivity contribution in [2.24, 2.45) is 0 Å². The number of aromatic nitrogens is 1. The second kappa shape index (κ2) is 5.09. The van der Waals surface area contributed by atoms with E-state index in [4.69, 9.17) is 5.73 Å². The quantitative estimate of drug-likeness (QED) is 0.852. The molecule has 0 spiro atoms. The van der Waals surface area contributed by atoms with Crippen molar-refractivity contribution in [2.75, 3.05) is 5.73 Å². The molecule has 4 heteroatoms. The van der Waals surface area contributed by atoms with Crippen molar-refractivity contribution >= 4 is 17.0 Å². The molecule has 2 rings (SSSR count). The molecule has 2 aromatic rings. The Bertz CT molecular complexity index is 465. The van der Waals surface area contributed by atoms with Gasteiger partial charge in [0, 0.05) is 29.3 Å². The van der Waals surface area contributed by atoms with Crippen molar-refractivity contribution in [1.29, 1.82) is 0 Å². The first-order chi connectivity index (χ1) is 7.75. The van der Waals surface area contributed by atoms with Gasteiger partial charge in [0.05, 0.1) is 5.69 Å². The molecule has 0 unspecified atom stereocenters. The molecule has 0 saturated heterocycles. The van der Waals surface area contributed by atoms with Crippen molar-refractivity contribution in [3.63, 3.8) is 0 Å². The molecule has 0 fully saturated rings. The third kappa shape index (κ3) is 2.81. The minimum Gasteiger partial charge on any atom is -0.398 e. The summed E-state index contributed by atoms with van der Waals surface area (Å²) < 4.78 is 0. The Morgan fingerprint density at radius 2 is 2.19 bits per heavy atom. The molecule has 0 aromatic carbocycles. The van der Waals surface area contributed by atoms with Gasteiger partial charge < -0.3 is 11.1 Å². The molecular weight excluding hydrogens is 218 g/mol. The molecule has 0 aliphatic carbocycles. The van der Waals surface area contributed by atoms with Crippen LogP contribution >= 0.6 is 11.3 Å². The molecule has 0 aliphatic heterocycles. The van der Waals surface area contributed by atoms with Crippen LogP contribution in [0.25, 0.3) is 0 Å². The Labute approximate surface area is 99.3 Å². The van der Waals surface area contributed by atoms with Crippen molar-refractivity contribution in [2.45, 2.75) is 20.0 Å². The van der Waals surface area contributed by atoms with E-state index in [-0.39, 0.29) is 0 Å². The van der Waals surface area contributed by atoms with E-state index in [1.165, 1.54) is 4.88 Å². The van der Waals surface area contributed by atoms with Gasteiger partial charge in [0.25, 0.3) is 0 Å². The van der Waals surface area contributed by atoms with Crippen molar-refractivity contribution < 1.29 is 0 Å². The zero-order valence-corrected chi connectivity index (χ0v) is 10.1. The van der Waals surface area contributed by atoms with E-state index < -0.39 is 0 Å². The molecular formula is C12H15N3S. The molecule has 2 heterocycles. The zero-order chi connectivity index (χ0) is 11.4. The summed E-state index contributed by atoms with van der Waals surface area (Å²) in [5.41, 5.74) is 8.78. The first-order valence-corrected chi connectivity index (χ1v) is 6.09. The third-order valence-electron chi connectivity index (χ3n) is 2.32. The van der Waals surface area contributed by atoms with E-state index in [0.29, 0.717) is 0 Å². The average molecular weight is 233 g/mol. The molecule has 0 bridgehead atoms. The summed E-state index contributed by atoms with van der Waals surface area (Å²) in [6, 6.07) is 7.99. The number of aryl methyl sites for hydroxylation is 1. The van der Waals surface area contributed by atoms with E-state index in [2.05, 4.69) is 10.3 Å². The van der Waals surface area contributed by atoms with Gasteiger partial charge in [-0.25, -0.2) is 0 Å². The fourth-order valence-electron chi connectivity index (χ4n) is 1.50. The number of nitrogens with one attached hydrogen (secondary N) is 1. The van der Waals surface area contributed by atoms with Crippen LogP contribution in [0.5, 0.6) is 0 Å². The average Bonchev–Trinajstić information content (AvgIpc) is 2.65. The lowest BCUT2D eigenvalue weighted by Gasteiger charge is -2.04. The smallest absolute Gasteiger partial charge is 0.0544 e. The van der Waals surface area contributed by atoms with Gasteiger partial charge in [0.1, 0.15) is 0 Å². The van der Waals surface area contributed by atoms with Crippen LogP contribution < -0.4 is 11.1 Å². The molecule has 84 valence electrons. The van der Waals surface area contributed by atoms with E-state index in [1.807, 2.05) is 36.6 Å². The monoisotopic (exact) mass is 233 g/mol. The number of thiophene rings is 1. The van der Waals surface area contributed by atoms with E-state index in [9.17, 15) is 0 Å². The first kappa shape index (κ1) is 11.1. The van der Waals surface area contributed by atoms with Gasteiger partial charge >= 0.3 is 0 Å². The summed E-state index contributed by atoms with van der Waals surface area (Å²) in [7, 11) is 0.